The van der Waals surface area contributed by atoms with Gasteiger partial charge in [-0.05, 0) is 6.07 Å². The summed E-state index contributed by atoms with van der Waals surface area (Å²) in [4.78, 5) is 7.69. The van der Waals surface area contributed by atoms with Crippen LogP contribution in [0.4, 0.5) is 24.9 Å². The standard InChI is InChI=1S/C14H8F3N5S/c15-14(16,17)9-5-23-10-3-6(1-2-7(9)10)11-8(4-18)12(19)22-13(20)21-11/h1-3,5H,(H4,19,20,21,22). The predicted molar refractivity (Wildman–Crippen MR) is 81.4 cm³/mol. The van der Waals surface area contributed by atoms with Gasteiger partial charge in [0.05, 0.1) is 11.3 Å². The number of halogens is 3. The van der Waals surface area contributed by atoms with Crippen LogP contribution in [0.25, 0.3) is 21.3 Å². The molecular formula is C14H8F3N5S. The second-order valence-corrected chi connectivity index (χ2v) is 5.57. The Bertz CT molecular complexity index is 955. The minimum absolute atomic E-state index is 0.0335. The molecule has 3 aromatic rings. The number of nitriles is 1. The first-order chi connectivity index (χ1) is 10.8. The number of fused-ring (bicyclic) bond motifs is 1. The lowest BCUT2D eigenvalue weighted by Crippen LogP contribution is -2.05. The highest BCUT2D eigenvalue weighted by Gasteiger charge is 2.33. The number of rotatable bonds is 1. The monoisotopic (exact) mass is 335 g/mol. The van der Waals surface area contributed by atoms with Crippen molar-refractivity contribution in [3.63, 3.8) is 0 Å². The summed E-state index contributed by atoms with van der Waals surface area (Å²) in [5.41, 5.74) is 11.2. The first kappa shape index (κ1) is 15.1. The third kappa shape index (κ3) is 2.53. The van der Waals surface area contributed by atoms with Crippen molar-refractivity contribution >= 4 is 33.2 Å². The van der Waals surface area contributed by atoms with Crippen LogP contribution in [0.2, 0.25) is 0 Å². The van der Waals surface area contributed by atoms with Gasteiger partial charge in [0.2, 0.25) is 5.95 Å². The van der Waals surface area contributed by atoms with E-state index in [0.717, 1.165) is 16.7 Å². The third-order valence-electron chi connectivity index (χ3n) is 3.22. The Morgan fingerprint density at radius 3 is 2.57 bits per heavy atom. The molecule has 3 rings (SSSR count). The maximum Gasteiger partial charge on any atom is 0.417 e. The molecule has 0 radical (unpaired) electrons. The van der Waals surface area contributed by atoms with Crippen LogP contribution in [0.5, 0.6) is 0 Å². The van der Waals surface area contributed by atoms with Crippen LogP contribution in [0.15, 0.2) is 23.6 Å². The third-order valence-corrected chi connectivity index (χ3v) is 4.17. The second-order valence-electron chi connectivity index (χ2n) is 4.66. The van der Waals surface area contributed by atoms with E-state index in [4.69, 9.17) is 11.5 Å². The Hall–Kier alpha value is -2.86. The zero-order valence-corrected chi connectivity index (χ0v) is 12.2. The van der Waals surface area contributed by atoms with Crippen LogP contribution in [0.3, 0.4) is 0 Å². The van der Waals surface area contributed by atoms with Gasteiger partial charge in [-0.3, -0.25) is 0 Å². The zero-order chi connectivity index (χ0) is 16.8. The molecule has 5 nitrogen and oxygen atoms in total. The molecule has 23 heavy (non-hydrogen) atoms. The minimum Gasteiger partial charge on any atom is -0.382 e. The average molecular weight is 335 g/mol. The molecule has 2 heterocycles. The van der Waals surface area contributed by atoms with Crippen molar-refractivity contribution in [2.24, 2.45) is 0 Å². The van der Waals surface area contributed by atoms with Crippen LogP contribution in [0.1, 0.15) is 11.1 Å². The molecule has 0 atom stereocenters. The van der Waals surface area contributed by atoms with Gasteiger partial charge in [-0.2, -0.15) is 23.4 Å². The Morgan fingerprint density at radius 1 is 1.17 bits per heavy atom. The van der Waals surface area contributed by atoms with Gasteiger partial charge in [0.1, 0.15) is 17.5 Å². The van der Waals surface area contributed by atoms with Gasteiger partial charge in [-0.1, -0.05) is 12.1 Å². The Kier molecular flexibility index (Phi) is 3.34. The molecule has 0 saturated heterocycles. The van der Waals surface area contributed by atoms with E-state index in [1.807, 2.05) is 6.07 Å². The molecule has 2 aromatic heterocycles. The summed E-state index contributed by atoms with van der Waals surface area (Å²) in [6.45, 7) is 0. The Labute approximate surface area is 132 Å². The summed E-state index contributed by atoms with van der Waals surface area (Å²) in [5.74, 6) is -0.184. The van der Waals surface area contributed by atoms with Crippen molar-refractivity contribution in [2.45, 2.75) is 6.18 Å². The fourth-order valence-corrected chi connectivity index (χ4v) is 3.22. The van der Waals surface area contributed by atoms with Crippen LogP contribution >= 0.6 is 11.3 Å². The molecule has 1 aromatic carbocycles. The molecule has 0 unspecified atom stereocenters. The largest absolute Gasteiger partial charge is 0.417 e. The van der Waals surface area contributed by atoms with Crippen LogP contribution in [0, 0.1) is 11.3 Å². The number of hydrogen-bond acceptors (Lipinski definition) is 6. The molecule has 0 bridgehead atoms. The average Bonchev–Trinajstić information content (AvgIpc) is 2.89. The lowest BCUT2D eigenvalue weighted by Gasteiger charge is -2.08. The van der Waals surface area contributed by atoms with Crippen LogP contribution in [-0.4, -0.2) is 9.97 Å². The van der Waals surface area contributed by atoms with Crippen molar-refractivity contribution in [1.29, 1.82) is 5.26 Å². The van der Waals surface area contributed by atoms with Gasteiger partial charge in [0.25, 0.3) is 0 Å². The van der Waals surface area contributed by atoms with Crippen LogP contribution in [-0.2, 0) is 6.18 Å². The maximum atomic E-state index is 12.9. The maximum absolute atomic E-state index is 12.9. The summed E-state index contributed by atoms with van der Waals surface area (Å²) in [6.07, 6.45) is -4.42. The van der Waals surface area contributed by atoms with Crippen molar-refractivity contribution in [3.8, 4) is 17.3 Å². The topological polar surface area (TPSA) is 102 Å². The van der Waals surface area contributed by atoms with E-state index < -0.39 is 11.7 Å². The number of thiophene rings is 1. The smallest absolute Gasteiger partial charge is 0.382 e. The van der Waals surface area contributed by atoms with Gasteiger partial charge < -0.3 is 11.5 Å². The highest BCUT2D eigenvalue weighted by atomic mass is 32.1. The molecule has 0 amide bonds. The predicted octanol–water partition coefficient (Wildman–Crippen LogP) is 3.41. The minimum atomic E-state index is -4.42. The lowest BCUT2D eigenvalue weighted by molar-refractivity contribution is -0.136. The van der Waals surface area contributed by atoms with E-state index in [2.05, 4.69) is 9.97 Å². The van der Waals surface area contributed by atoms with Gasteiger partial charge in [0.15, 0.2) is 0 Å². The Balaban J connectivity index is 2.22. The molecule has 0 saturated carbocycles. The summed E-state index contributed by atoms with van der Waals surface area (Å²) in [6, 6.07) is 6.21. The summed E-state index contributed by atoms with van der Waals surface area (Å²) < 4.78 is 39.2. The fraction of sp³-hybridized carbons (Fsp3) is 0.0714. The highest BCUT2D eigenvalue weighted by molar-refractivity contribution is 7.17. The van der Waals surface area contributed by atoms with Crippen LogP contribution < -0.4 is 11.5 Å². The van der Waals surface area contributed by atoms with E-state index in [0.29, 0.717) is 10.3 Å². The van der Waals surface area contributed by atoms with Gasteiger partial charge >= 0.3 is 6.18 Å². The molecule has 0 spiro atoms. The van der Waals surface area contributed by atoms with Gasteiger partial charge in [-0.15, -0.1) is 11.3 Å². The van der Waals surface area contributed by atoms with E-state index in [9.17, 15) is 18.4 Å². The molecule has 116 valence electrons. The fourth-order valence-electron chi connectivity index (χ4n) is 2.21. The van der Waals surface area contributed by atoms with E-state index >= 15 is 0 Å². The summed E-state index contributed by atoms with van der Waals surface area (Å²) in [7, 11) is 0. The molecule has 0 aliphatic heterocycles. The number of anilines is 2. The highest BCUT2D eigenvalue weighted by Crippen LogP contribution is 2.40. The van der Waals surface area contributed by atoms with Crippen molar-refractivity contribution in [2.75, 3.05) is 11.5 Å². The number of alkyl halides is 3. The second kappa shape index (κ2) is 5.10. The Morgan fingerprint density at radius 2 is 1.91 bits per heavy atom. The molecular weight excluding hydrogens is 327 g/mol. The molecule has 4 N–H and O–H groups in total. The SMILES string of the molecule is N#Cc1c(N)nc(N)nc1-c1ccc2c(C(F)(F)F)csc2c1. The van der Waals surface area contributed by atoms with E-state index in [1.54, 1.807) is 0 Å². The molecule has 9 heteroatoms. The van der Waals surface area contributed by atoms with Crippen molar-refractivity contribution in [1.82, 2.24) is 9.97 Å². The normalized spacial score (nSPS) is 11.6. The number of nitrogen functional groups attached to an aromatic ring is 2. The van der Waals surface area contributed by atoms with Gasteiger partial charge in [0, 0.05) is 21.0 Å². The number of aromatic nitrogens is 2. The molecule has 0 aliphatic rings. The zero-order valence-electron chi connectivity index (χ0n) is 11.3. The number of nitrogens with zero attached hydrogens (tertiary/aromatic N) is 3. The number of nitrogens with two attached hydrogens (primary N) is 2. The number of benzene rings is 1. The quantitative estimate of drug-likeness (QED) is 0.709. The first-order valence-corrected chi connectivity index (χ1v) is 7.11. The number of hydrogen-bond donors (Lipinski definition) is 2. The molecule has 0 aliphatic carbocycles. The lowest BCUT2D eigenvalue weighted by atomic mass is 10.0. The summed E-state index contributed by atoms with van der Waals surface area (Å²) >= 11 is 0.963. The molecule has 0 fully saturated rings. The summed E-state index contributed by atoms with van der Waals surface area (Å²) in [5, 5.41) is 10.3. The van der Waals surface area contributed by atoms with E-state index in [1.165, 1.54) is 18.2 Å². The van der Waals surface area contributed by atoms with Crippen molar-refractivity contribution < 1.29 is 13.2 Å². The first-order valence-electron chi connectivity index (χ1n) is 6.23. The van der Waals surface area contributed by atoms with E-state index in [-0.39, 0.29) is 28.4 Å². The van der Waals surface area contributed by atoms with Crippen molar-refractivity contribution in [3.05, 3.63) is 34.7 Å². The van der Waals surface area contributed by atoms with Gasteiger partial charge in [-0.25, -0.2) is 4.98 Å².